The van der Waals surface area contributed by atoms with Gasteiger partial charge < -0.3 is 14.1 Å². The minimum absolute atomic E-state index is 0.00175. The molecule has 0 aliphatic carbocycles. The predicted molar refractivity (Wildman–Crippen MR) is 83.5 cm³/mol. The molecule has 5 nitrogen and oxygen atoms in total. The Morgan fingerprint density at radius 2 is 1.95 bits per heavy atom. The van der Waals surface area contributed by atoms with Crippen molar-refractivity contribution >= 4 is 16.8 Å². The van der Waals surface area contributed by atoms with Crippen LogP contribution >= 0.6 is 0 Å². The van der Waals surface area contributed by atoms with E-state index in [9.17, 15) is 9.59 Å². The van der Waals surface area contributed by atoms with Gasteiger partial charge in [0.2, 0.25) is 5.78 Å². The predicted octanol–water partition coefficient (Wildman–Crippen LogP) is 2.45. The number of carbonyl (C=O) groups excluding carboxylic acids is 1. The van der Waals surface area contributed by atoms with Crippen molar-refractivity contribution in [3.05, 3.63) is 39.7 Å². The van der Waals surface area contributed by atoms with Crippen LogP contribution in [0.2, 0.25) is 0 Å². The molecule has 0 bridgehead atoms. The van der Waals surface area contributed by atoms with E-state index in [4.69, 9.17) is 9.15 Å². The number of benzene rings is 1. The molecule has 1 atom stereocenters. The van der Waals surface area contributed by atoms with Crippen molar-refractivity contribution in [1.29, 1.82) is 0 Å². The number of hydrogen-bond acceptors (Lipinski definition) is 5. The van der Waals surface area contributed by atoms with E-state index in [1.54, 1.807) is 12.1 Å². The normalized spacial score (nSPS) is 17.4. The molecule has 5 heteroatoms. The highest BCUT2D eigenvalue weighted by atomic mass is 16.5. The first-order chi connectivity index (χ1) is 10.4. The summed E-state index contributed by atoms with van der Waals surface area (Å²) < 4.78 is 11.3. The van der Waals surface area contributed by atoms with Crippen molar-refractivity contribution in [3.63, 3.8) is 0 Å². The van der Waals surface area contributed by atoms with Gasteiger partial charge in [-0.2, -0.15) is 0 Å². The first-order valence-corrected chi connectivity index (χ1v) is 7.34. The molecule has 2 heterocycles. The highest BCUT2D eigenvalue weighted by Crippen LogP contribution is 2.39. The Morgan fingerprint density at radius 1 is 1.23 bits per heavy atom. The van der Waals surface area contributed by atoms with E-state index in [2.05, 4.69) is 0 Å². The van der Waals surface area contributed by atoms with Gasteiger partial charge in [-0.05, 0) is 32.1 Å². The Kier molecular flexibility index (Phi) is 3.53. The van der Waals surface area contributed by atoms with E-state index >= 15 is 0 Å². The average molecular weight is 301 g/mol. The maximum atomic E-state index is 12.6. The molecule has 0 saturated heterocycles. The molecule has 116 valence electrons. The number of ether oxygens (including phenoxy) is 1. The molecule has 3 rings (SSSR count). The van der Waals surface area contributed by atoms with Crippen LogP contribution in [0.1, 0.15) is 29.8 Å². The third kappa shape index (κ3) is 2.31. The molecule has 0 spiro atoms. The number of fused-ring (bicyclic) bond motifs is 2. The van der Waals surface area contributed by atoms with Crippen molar-refractivity contribution < 1.29 is 13.9 Å². The summed E-state index contributed by atoms with van der Waals surface area (Å²) in [5.74, 6) is 0.639. The Labute approximate surface area is 128 Å². The molecule has 1 aliphatic rings. The standard InChI is InChI=1S/C17H19NO4/c1-9(2)15-14(20)11-7-10-5-6-13(19)21-16(10)12(8-18(3)4)17(11)22-15/h5-7,9,15H,8H2,1-4H3. The third-order valence-electron chi connectivity index (χ3n) is 3.80. The van der Waals surface area contributed by atoms with Gasteiger partial charge in [-0.3, -0.25) is 4.79 Å². The zero-order valence-electron chi connectivity index (χ0n) is 13.2. The summed E-state index contributed by atoms with van der Waals surface area (Å²) in [7, 11) is 3.84. The maximum Gasteiger partial charge on any atom is 0.336 e. The molecule has 0 saturated carbocycles. The largest absolute Gasteiger partial charge is 0.481 e. The van der Waals surface area contributed by atoms with Gasteiger partial charge in [-0.15, -0.1) is 0 Å². The summed E-state index contributed by atoms with van der Waals surface area (Å²) in [6.07, 6.45) is -0.473. The summed E-state index contributed by atoms with van der Waals surface area (Å²) in [6.45, 7) is 4.45. The fourth-order valence-corrected chi connectivity index (χ4v) is 2.81. The van der Waals surface area contributed by atoms with Crippen LogP contribution in [-0.2, 0) is 6.54 Å². The molecular weight excluding hydrogens is 282 g/mol. The highest BCUT2D eigenvalue weighted by molar-refractivity contribution is 6.08. The molecule has 22 heavy (non-hydrogen) atoms. The zero-order valence-corrected chi connectivity index (χ0v) is 13.2. The van der Waals surface area contributed by atoms with Gasteiger partial charge in [0.25, 0.3) is 0 Å². The Morgan fingerprint density at radius 3 is 2.59 bits per heavy atom. The fourth-order valence-electron chi connectivity index (χ4n) is 2.81. The van der Waals surface area contributed by atoms with Crippen molar-refractivity contribution in [1.82, 2.24) is 4.90 Å². The van der Waals surface area contributed by atoms with Crippen LogP contribution in [0.15, 0.2) is 27.4 Å². The van der Waals surface area contributed by atoms with Gasteiger partial charge in [0, 0.05) is 18.0 Å². The van der Waals surface area contributed by atoms with Crippen molar-refractivity contribution in [2.75, 3.05) is 14.1 Å². The van der Waals surface area contributed by atoms with Gasteiger partial charge in [-0.1, -0.05) is 13.8 Å². The molecular formula is C17H19NO4. The molecule has 0 amide bonds. The molecule has 1 aromatic heterocycles. The van der Waals surface area contributed by atoms with E-state index in [1.165, 1.54) is 6.07 Å². The number of nitrogens with zero attached hydrogens (tertiary/aromatic N) is 1. The number of ketones is 1. The van der Waals surface area contributed by atoms with Gasteiger partial charge in [0.05, 0.1) is 11.1 Å². The highest BCUT2D eigenvalue weighted by Gasteiger charge is 2.37. The third-order valence-corrected chi connectivity index (χ3v) is 3.80. The minimum Gasteiger partial charge on any atom is -0.481 e. The van der Waals surface area contributed by atoms with E-state index in [-0.39, 0.29) is 11.7 Å². The lowest BCUT2D eigenvalue weighted by Gasteiger charge is -2.16. The molecule has 2 aromatic rings. The average Bonchev–Trinajstić information content (AvgIpc) is 2.76. The first-order valence-electron chi connectivity index (χ1n) is 7.34. The smallest absolute Gasteiger partial charge is 0.336 e. The van der Waals surface area contributed by atoms with E-state index in [0.717, 1.165) is 10.9 Å². The fraction of sp³-hybridized carbons (Fsp3) is 0.412. The van der Waals surface area contributed by atoms with Crippen LogP contribution in [0.3, 0.4) is 0 Å². The summed E-state index contributed by atoms with van der Waals surface area (Å²) in [5.41, 5.74) is 1.43. The first kappa shape index (κ1) is 14.8. The second-order valence-electron chi connectivity index (χ2n) is 6.29. The van der Waals surface area contributed by atoms with Crippen LogP contribution in [-0.4, -0.2) is 30.9 Å². The molecule has 0 N–H and O–H groups in total. The second-order valence-corrected chi connectivity index (χ2v) is 6.29. The Bertz CT molecular complexity index is 804. The summed E-state index contributed by atoms with van der Waals surface area (Å²) >= 11 is 0. The van der Waals surface area contributed by atoms with Crippen LogP contribution in [0.25, 0.3) is 11.0 Å². The van der Waals surface area contributed by atoms with Crippen LogP contribution < -0.4 is 10.4 Å². The van der Waals surface area contributed by atoms with E-state index < -0.39 is 11.7 Å². The number of Topliss-reactive ketones (excluding diaryl/α,β-unsaturated/α-hetero) is 1. The zero-order chi connectivity index (χ0) is 16.0. The van der Waals surface area contributed by atoms with Crippen molar-refractivity contribution in [2.24, 2.45) is 5.92 Å². The summed E-state index contributed by atoms with van der Waals surface area (Å²) in [6, 6.07) is 4.82. The minimum atomic E-state index is -0.473. The second kappa shape index (κ2) is 5.25. The number of carbonyl (C=O) groups is 1. The topological polar surface area (TPSA) is 59.8 Å². The maximum absolute atomic E-state index is 12.6. The number of rotatable bonds is 3. The van der Waals surface area contributed by atoms with Gasteiger partial charge in [-0.25, -0.2) is 4.79 Å². The summed E-state index contributed by atoms with van der Waals surface area (Å²) in [5, 5.41) is 0.747. The molecule has 0 radical (unpaired) electrons. The SMILES string of the molecule is CC(C)C1Oc2c(cc3ccc(=O)oc3c2CN(C)C)C1=O. The Hall–Kier alpha value is -2.14. The lowest BCUT2D eigenvalue weighted by Crippen LogP contribution is -2.26. The van der Waals surface area contributed by atoms with Gasteiger partial charge >= 0.3 is 5.63 Å². The number of hydrogen-bond donors (Lipinski definition) is 0. The van der Waals surface area contributed by atoms with Crippen molar-refractivity contribution in [2.45, 2.75) is 26.5 Å². The Balaban J connectivity index is 2.28. The van der Waals surface area contributed by atoms with Crippen LogP contribution in [0.4, 0.5) is 0 Å². The van der Waals surface area contributed by atoms with Crippen LogP contribution in [0, 0.1) is 5.92 Å². The van der Waals surface area contributed by atoms with Gasteiger partial charge in [0.1, 0.15) is 11.3 Å². The van der Waals surface area contributed by atoms with Gasteiger partial charge in [0.15, 0.2) is 6.10 Å². The summed E-state index contributed by atoms with van der Waals surface area (Å²) in [4.78, 5) is 26.1. The monoisotopic (exact) mass is 301 g/mol. The molecule has 1 unspecified atom stereocenters. The van der Waals surface area contributed by atoms with E-state index in [1.807, 2.05) is 32.8 Å². The molecule has 1 aromatic carbocycles. The molecule has 0 fully saturated rings. The quantitative estimate of drug-likeness (QED) is 0.815. The molecule has 1 aliphatic heterocycles. The lowest BCUT2D eigenvalue weighted by atomic mass is 9.97. The van der Waals surface area contributed by atoms with Crippen LogP contribution in [0.5, 0.6) is 5.75 Å². The van der Waals surface area contributed by atoms with E-state index in [0.29, 0.717) is 23.4 Å². The lowest BCUT2D eigenvalue weighted by molar-refractivity contribution is 0.0789. The van der Waals surface area contributed by atoms with Crippen molar-refractivity contribution in [3.8, 4) is 5.75 Å².